The fourth-order valence-corrected chi connectivity index (χ4v) is 1.43. The van der Waals surface area contributed by atoms with Gasteiger partial charge in [-0.3, -0.25) is 0 Å². The molecule has 0 aromatic carbocycles. The summed E-state index contributed by atoms with van der Waals surface area (Å²) in [7, 11) is 0. The fourth-order valence-electron chi connectivity index (χ4n) is 1.43. The predicted molar refractivity (Wildman–Crippen MR) is 40.2 cm³/mol. The number of hydrogen-bond donors (Lipinski definition) is 1. The van der Waals surface area contributed by atoms with E-state index in [1.807, 2.05) is 0 Å². The molecule has 0 radical (unpaired) electrons. The normalized spacial score (nSPS) is 25.8. The minimum atomic E-state index is -2.75. The van der Waals surface area contributed by atoms with E-state index in [0.29, 0.717) is 19.4 Å². The van der Waals surface area contributed by atoms with Gasteiger partial charge in [-0.25, -0.2) is 8.78 Å². The number of ether oxygens (including phenoxy) is 1. The van der Waals surface area contributed by atoms with Crippen molar-refractivity contribution in [2.45, 2.75) is 25.2 Å². The molecule has 0 bridgehead atoms. The Morgan fingerprint density at radius 3 is 2.75 bits per heavy atom. The van der Waals surface area contributed by atoms with Crippen LogP contribution in [-0.4, -0.2) is 30.8 Å². The maximum Gasteiger partial charge on any atom is 0.255 e. The summed E-state index contributed by atoms with van der Waals surface area (Å²) in [5, 5.41) is 8.41. The smallest absolute Gasteiger partial charge is 0.255 e. The molecule has 12 heavy (non-hydrogen) atoms. The van der Waals surface area contributed by atoms with E-state index in [1.165, 1.54) is 0 Å². The molecular formula is C8H14F2O2. The molecule has 1 heterocycles. The molecule has 1 atom stereocenters. The fraction of sp³-hybridized carbons (Fsp3) is 1.00. The average Bonchev–Trinajstić information content (AvgIpc) is 2.06. The summed E-state index contributed by atoms with van der Waals surface area (Å²) >= 11 is 0. The molecule has 0 aromatic heterocycles. The predicted octanol–water partition coefficient (Wildman–Crippen LogP) is 1.43. The Balaban J connectivity index is 2.41. The molecule has 2 nitrogen and oxygen atoms in total. The highest BCUT2D eigenvalue weighted by atomic mass is 19.3. The average molecular weight is 180 g/mol. The minimum absolute atomic E-state index is 0.132. The van der Waals surface area contributed by atoms with E-state index in [9.17, 15) is 8.78 Å². The molecule has 1 rings (SSSR count). The van der Waals surface area contributed by atoms with Gasteiger partial charge in [0.2, 0.25) is 0 Å². The second-order valence-electron chi connectivity index (χ2n) is 3.15. The van der Waals surface area contributed by atoms with E-state index in [4.69, 9.17) is 9.84 Å². The summed E-state index contributed by atoms with van der Waals surface area (Å²) < 4.78 is 31.1. The number of hydrogen-bond acceptors (Lipinski definition) is 2. The van der Waals surface area contributed by atoms with Gasteiger partial charge in [-0.05, 0) is 12.8 Å². The second kappa shape index (κ2) is 4.14. The minimum Gasteiger partial charge on any atom is -0.396 e. The van der Waals surface area contributed by atoms with E-state index in [0.717, 1.165) is 0 Å². The van der Waals surface area contributed by atoms with Gasteiger partial charge in [0, 0.05) is 25.6 Å². The first-order valence-corrected chi connectivity index (χ1v) is 4.23. The molecule has 0 aliphatic carbocycles. The molecule has 0 saturated carbocycles. The maximum atomic E-state index is 13.1. The van der Waals surface area contributed by atoms with Gasteiger partial charge in [0.05, 0.1) is 6.61 Å². The highest BCUT2D eigenvalue weighted by Gasteiger charge is 2.39. The summed E-state index contributed by atoms with van der Waals surface area (Å²) in [6, 6.07) is 0. The van der Waals surface area contributed by atoms with E-state index in [-0.39, 0.29) is 6.61 Å². The zero-order chi connectivity index (χ0) is 9.03. The van der Waals surface area contributed by atoms with Gasteiger partial charge in [-0.2, -0.15) is 0 Å². The van der Waals surface area contributed by atoms with Crippen LogP contribution < -0.4 is 0 Å². The molecule has 1 N–H and O–H groups in total. The third-order valence-corrected chi connectivity index (χ3v) is 2.20. The molecular weight excluding hydrogens is 166 g/mol. The van der Waals surface area contributed by atoms with E-state index in [1.54, 1.807) is 0 Å². The lowest BCUT2D eigenvalue weighted by Crippen LogP contribution is -2.35. The Bertz CT molecular complexity index is 133. The van der Waals surface area contributed by atoms with Crippen LogP contribution in [0.2, 0.25) is 0 Å². The van der Waals surface area contributed by atoms with E-state index >= 15 is 0 Å². The monoisotopic (exact) mass is 180 g/mol. The summed E-state index contributed by atoms with van der Waals surface area (Å²) in [6.45, 7) is 0.266. The van der Waals surface area contributed by atoms with Crippen molar-refractivity contribution < 1.29 is 18.6 Å². The first kappa shape index (κ1) is 9.86. The van der Waals surface area contributed by atoms with Crippen molar-refractivity contribution in [2.24, 2.45) is 5.92 Å². The van der Waals surface area contributed by atoms with Crippen molar-refractivity contribution in [3.63, 3.8) is 0 Å². The van der Waals surface area contributed by atoms with Crippen LogP contribution in [0.25, 0.3) is 0 Å². The molecule has 72 valence electrons. The van der Waals surface area contributed by atoms with Gasteiger partial charge in [-0.15, -0.1) is 0 Å². The summed E-state index contributed by atoms with van der Waals surface area (Å²) in [5.41, 5.74) is 0. The second-order valence-corrected chi connectivity index (χ2v) is 3.15. The number of rotatable bonds is 3. The lowest BCUT2D eigenvalue weighted by Gasteiger charge is -2.29. The Morgan fingerprint density at radius 1 is 1.50 bits per heavy atom. The number of halogens is 2. The standard InChI is InChI=1S/C8H14F2O2/c9-8(10,3-4-11)7-2-1-5-12-6-7/h7,11H,1-6H2. The van der Waals surface area contributed by atoms with Gasteiger partial charge in [0.1, 0.15) is 0 Å². The van der Waals surface area contributed by atoms with Crippen LogP contribution in [-0.2, 0) is 4.74 Å². The molecule has 0 spiro atoms. The van der Waals surface area contributed by atoms with Crippen LogP contribution in [0.4, 0.5) is 8.78 Å². The zero-order valence-corrected chi connectivity index (χ0v) is 6.93. The van der Waals surface area contributed by atoms with Gasteiger partial charge in [-0.1, -0.05) is 0 Å². The molecule has 4 heteroatoms. The van der Waals surface area contributed by atoms with Crippen molar-refractivity contribution in [1.29, 1.82) is 0 Å². The molecule has 0 aromatic rings. The van der Waals surface area contributed by atoms with E-state index < -0.39 is 24.9 Å². The Labute approximate surface area is 70.5 Å². The number of aliphatic hydroxyl groups is 1. The molecule has 1 aliphatic heterocycles. The van der Waals surface area contributed by atoms with Crippen molar-refractivity contribution in [2.75, 3.05) is 19.8 Å². The molecule has 0 amide bonds. The Morgan fingerprint density at radius 2 is 2.25 bits per heavy atom. The Kier molecular flexibility index (Phi) is 3.40. The molecule has 1 aliphatic rings. The zero-order valence-electron chi connectivity index (χ0n) is 6.93. The first-order valence-electron chi connectivity index (χ1n) is 4.23. The van der Waals surface area contributed by atoms with E-state index in [2.05, 4.69) is 0 Å². The lowest BCUT2D eigenvalue weighted by atomic mass is 9.93. The third-order valence-electron chi connectivity index (χ3n) is 2.20. The van der Waals surface area contributed by atoms with Crippen LogP contribution in [0.5, 0.6) is 0 Å². The lowest BCUT2D eigenvalue weighted by molar-refractivity contribution is -0.118. The van der Waals surface area contributed by atoms with Gasteiger partial charge in [0.15, 0.2) is 0 Å². The maximum absolute atomic E-state index is 13.1. The summed E-state index contributed by atoms with van der Waals surface area (Å²) in [6.07, 6.45) is 0.764. The van der Waals surface area contributed by atoms with Crippen molar-refractivity contribution in [1.82, 2.24) is 0 Å². The first-order chi connectivity index (χ1) is 5.67. The van der Waals surface area contributed by atoms with Gasteiger partial charge in [0.25, 0.3) is 5.92 Å². The highest BCUT2D eigenvalue weighted by molar-refractivity contribution is 4.78. The number of aliphatic hydroxyl groups excluding tert-OH is 1. The Hall–Kier alpha value is -0.220. The highest BCUT2D eigenvalue weighted by Crippen LogP contribution is 2.33. The van der Waals surface area contributed by atoms with Crippen LogP contribution in [0.1, 0.15) is 19.3 Å². The van der Waals surface area contributed by atoms with Crippen molar-refractivity contribution in [3.8, 4) is 0 Å². The number of alkyl halides is 2. The summed E-state index contributed by atoms with van der Waals surface area (Å²) in [5.74, 6) is -3.45. The van der Waals surface area contributed by atoms with Gasteiger partial charge >= 0.3 is 0 Å². The van der Waals surface area contributed by atoms with Crippen LogP contribution in [0, 0.1) is 5.92 Å². The molecule has 1 unspecified atom stereocenters. The van der Waals surface area contributed by atoms with Crippen molar-refractivity contribution >= 4 is 0 Å². The molecule has 1 saturated heterocycles. The van der Waals surface area contributed by atoms with Crippen LogP contribution in [0.3, 0.4) is 0 Å². The quantitative estimate of drug-likeness (QED) is 0.712. The van der Waals surface area contributed by atoms with Gasteiger partial charge < -0.3 is 9.84 Å². The van der Waals surface area contributed by atoms with Crippen LogP contribution in [0.15, 0.2) is 0 Å². The van der Waals surface area contributed by atoms with Crippen LogP contribution >= 0.6 is 0 Å². The largest absolute Gasteiger partial charge is 0.396 e. The SMILES string of the molecule is OCCC(F)(F)C1CCCOC1. The third kappa shape index (κ3) is 2.38. The molecule has 1 fully saturated rings. The topological polar surface area (TPSA) is 29.5 Å². The van der Waals surface area contributed by atoms with Crippen molar-refractivity contribution in [3.05, 3.63) is 0 Å². The summed E-state index contributed by atoms with van der Waals surface area (Å²) in [4.78, 5) is 0.